The van der Waals surface area contributed by atoms with Crippen molar-refractivity contribution < 1.29 is 26.3 Å². The number of hydrogen-bond acceptors (Lipinski definition) is 2. The molecule has 6 nitrogen and oxygen atoms in total. The van der Waals surface area contributed by atoms with Gasteiger partial charge in [-0.15, -0.1) is 0 Å². The Morgan fingerprint density at radius 3 is 2.36 bits per heavy atom. The summed E-state index contributed by atoms with van der Waals surface area (Å²) in [6, 6.07) is 0.533. The topological polar surface area (TPSA) is 135 Å². The summed E-state index contributed by atoms with van der Waals surface area (Å²) in [5.41, 5.74) is 0.521. The molecule has 1 fully saturated rings. The van der Waals surface area contributed by atoms with Crippen LogP contribution < -0.4 is 0 Å². The van der Waals surface area contributed by atoms with Crippen LogP contribution in [-0.4, -0.2) is 45.0 Å². The monoisotopic (exact) mass is 207 g/mol. The molecule has 2 aliphatic rings. The number of carbonyl (C=O) groups is 1. The largest absolute Gasteiger partial charge is 0.477 e. The molecule has 6 heteroatoms. The van der Waals surface area contributed by atoms with Crippen LogP contribution in [0.3, 0.4) is 0 Å². The fraction of sp³-hybridized carbons (Fsp3) is 0.625. The Morgan fingerprint density at radius 2 is 2.00 bits per heavy atom. The van der Waals surface area contributed by atoms with Gasteiger partial charge >= 0.3 is 5.97 Å². The van der Waals surface area contributed by atoms with E-state index in [1.165, 1.54) is 6.42 Å². The molecule has 0 radical (unpaired) electrons. The first-order valence-electron chi connectivity index (χ1n) is 3.99. The highest BCUT2D eigenvalue weighted by Gasteiger charge is 2.34. The quantitative estimate of drug-likeness (QED) is 0.551. The van der Waals surface area contributed by atoms with Gasteiger partial charge in [-0.3, -0.25) is 0 Å². The zero-order valence-corrected chi connectivity index (χ0v) is 7.79. The lowest BCUT2D eigenvalue weighted by molar-refractivity contribution is -0.136. The average Bonchev–Trinajstić information content (AvgIpc) is 1.90. The van der Waals surface area contributed by atoms with Gasteiger partial charge in [-0.1, -0.05) is 6.08 Å². The molecule has 0 amide bonds. The molecule has 1 atom stereocenters. The number of allylic oxidation sites excluding steroid dienone is 1. The van der Waals surface area contributed by atoms with Crippen molar-refractivity contribution in [2.75, 3.05) is 6.54 Å². The lowest BCUT2D eigenvalue weighted by Gasteiger charge is -2.45. The maximum absolute atomic E-state index is 10.6. The van der Waals surface area contributed by atoms with Gasteiger partial charge in [0.05, 0.1) is 0 Å². The van der Waals surface area contributed by atoms with Crippen LogP contribution in [0, 0.1) is 0 Å². The van der Waals surface area contributed by atoms with Crippen molar-refractivity contribution in [2.45, 2.75) is 25.3 Å². The van der Waals surface area contributed by atoms with Crippen LogP contribution in [0.25, 0.3) is 0 Å². The molecule has 0 aliphatic carbocycles. The maximum atomic E-state index is 10.6. The Balaban J connectivity index is 0. The number of carboxylic acids is 1. The van der Waals surface area contributed by atoms with Crippen LogP contribution in [0.1, 0.15) is 19.3 Å². The van der Waals surface area contributed by atoms with Gasteiger partial charge in [0, 0.05) is 12.6 Å². The summed E-state index contributed by atoms with van der Waals surface area (Å²) in [6.07, 6.45) is 5.07. The lowest BCUT2D eigenvalue weighted by Crippen LogP contribution is -2.49. The number of rotatable bonds is 1. The molecular formula is C8H17NO5. The normalized spacial score (nSPS) is 22.4. The van der Waals surface area contributed by atoms with E-state index in [2.05, 4.69) is 0 Å². The van der Waals surface area contributed by atoms with Crippen LogP contribution in [0.15, 0.2) is 11.8 Å². The molecule has 0 spiro atoms. The van der Waals surface area contributed by atoms with Gasteiger partial charge in [-0.05, 0) is 19.3 Å². The van der Waals surface area contributed by atoms with Crippen molar-refractivity contribution in [3.8, 4) is 0 Å². The second-order valence-corrected chi connectivity index (χ2v) is 3.11. The zero-order chi connectivity index (χ0) is 7.84. The summed E-state index contributed by atoms with van der Waals surface area (Å²) in [5, 5.41) is 8.75. The summed E-state index contributed by atoms with van der Waals surface area (Å²) < 4.78 is 0. The van der Waals surface area contributed by atoms with Gasteiger partial charge in [0.2, 0.25) is 0 Å². The highest BCUT2D eigenvalue weighted by molar-refractivity contribution is 5.86. The highest BCUT2D eigenvalue weighted by Crippen LogP contribution is 2.30. The third-order valence-corrected chi connectivity index (χ3v) is 2.51. The van der Waals surface area contributed by atoms with Gasteiger partial charge < -0.3 is 26.4 Å². The summed E-state index contributed by atoms with van der Waals surface area (Å²) in [4.78, 5) is 12.6. The minimum atomic E-state index is -0.769. The second-order valence-electron chi connectivity index (χ2n) is 3.11. The van der Waals surface area contributed by atoms with E-state index in [4.69, 9.17) is 5.11 Å². The molecule has 84 valence electrons. The van der Waals surface area contributed by atoms with E-state index < -0.39 is 5.97 Å². The van der Waals surface area contributed by atoms with Crippen LogP contribution in [0.5, 0.6) is 0 Å². The standard InChI is InChI=1S/C8H11NO2.3H2O/c10-8(11)7-3-1-2-6-4-5-9(6)7;;;/h3,6H,1-2,4-5H2,(H,10,11);3*1H2. The molecule has 7 N–H and O–H groups in total. The van der Waals surface area contributed by atoms with Gasteiger partial charge in [0.1, 0.15) is 5.70 Å². The molecule has 2 heterocycles. The van der Waals surface area contributed by atoms with E-state index in [0.717, 1.165) is 19.4 Å². The first kappa shape index (κ1) is 15.4. The summed E-state index contributed by atoms with van der Waals surface area (Å²) in [7, 11) is 0. The summed E-state index contributed by atoms with van der Waals surface area (Å²) in [5.74, 6) is -0.769. The van der Waals surface area contributed by atoms with Crippen LogP contribution in [0.4, 0.5) is 0 Å². The molecule has 14 heavy (non-hydrogen) atoms. The Morgan fingerprint density at radius 1 is 1.36 bits per heavy atom. The zero-order valence-electron chi connectivity index (χ0n) is 7.79. The van der Waals surface area contributed by atoms with Crippen LogP contribution >= 0.6 is 0 Å². The van der Waals surface area contributed by atoms with E-state index in [1.807, 2.05) is 11.0 Å². The molecule has 2 rings (SSSR count). The molecule has 1 saturated heterocycles. The second kappa shape index (κ2) is 5.58. The Bertz CT molecular complexity index is 228. The van der Waals surface area contributed by atoms with E-state index in [-0.39, 0.29) is 16.4 Å². The number of fused-ring (bicyclic) bond motifs is 1. The minimum absolute atomic E-state index is 0. The van der Waals surface area contributed by atoms with Crippen molar-refractivity contribution in [3.63, 3.8) is 0 Å². The van der Waals surface area contributed by atoms with Gasteiger partial charge in [0.15, 0.2) is 0 Å². The Hall–Kier alpha value is -1.11. The third-order valence-electron chi connectivity index (χ3n) is 2.51. The van der Waals surface area contributed by atoms with Crippen molar-refractivity contribution in [1.29, 1.82) is 0 Å². The third kappa shape index (κ3) is 2.22. The molecular weight excluding hydrogens is 190 g/mol. The molecule has 0 aromatic heterocycles. The van der Waals surface area contributed by atoms with E-state index >= 15 is 0 Å². The van der Waals surface area contributed by atoms with Gasteiger partial charge in [-0.2, -0.15) is 0 Å². The SMILES string of the molecule is O.O.O.O=C(O)C1=CCCC2CCN12. The number of hydrogen-bond donors (Lipinski definition) is 1. The minimum Gasteiger partial charge on any atom is -0.477 e. The average molecular weight is 207 g/mol. The fourth-order valence-electron chi connectivity index (χ4n) is 1.80. The van der Waals surface area contributed by atoms with E-state index in [0.29, 0.717) is 11.7 Å². The fourth-order valence-corrected chi connectivity index (χ4v) is 1.80. The first-order chi connectivity index (χ1) is 5.29. The van der Waals surface area contributed by atoms with Crippen molar-refractivity contribution in [3.05, 3.63) is 11.8 Å². The molecule has 1 unspecified atom stereocenters. The number of nitrogens with zero attached hydrogens (tertiary/aromatic N) is 1. The van der Waals surface area contributed by atoms with Crippen LogP contribution in [-0.2, 0) is 4.79 Å². The maximum Gasteiger partial charge on any atom is 0.351 e. The van der Waals surface area contributed by atoms with Crippen molar-refractivity contribution in [2.24, 2.45) is 0 Å². The summed E-state index contributed by atoms with van der Waals surface area (Å²) >= 11 is 0. The Labute approximate surface area is 81.8 Å². The molecule has 0 aromatic carbocycles. The predicted molar refractivity (Wildman–Crippen MR) is 50.9 cm³/mol. The lowest BCUT2D eigenvalue weighted by atomic mass is 9.93. The molecule has 0 saturated carbocycles. The smallest absolute Gasteiger partial charge is 0.351 e. The first-order valence-corrected chi connectivity index (χ1v) is 3.99. The molecule has 0 bridgehead atoms. The predicted octanol–water partition coefficient (Wildman–Crippen LogP) is -1.65. The van der Waals surface area contributed by atoms with E-state index in [1.54, 1.807) is 0 Å². The summed E-state index contributed by atoms with van der Waals surface area (Å²) in [6.45, 7) is 0.933. The molecule has 2 aliphatic heterocycles. The van der Waals surface area contributed by atoms with Gasteiger partial charge in [-0.25, -0.2) is 4.79 Å². The van der Waals surface area contributed by atoms with Crippen molar-refractivity contribution in [1.82, 2.24) is 4.90 Å². The van der Waals surface area contributed by atoms with Crippen LogP contribution in [0.2, 0.25) is 0 Å². The number of aliphatic carboxylic acids is 1. The number of carboxylic acid groups (broad SMARTS) is 1. The van der Waals surface area contributed by atoms with Crippen molar-refractivity contribution >= 4 is 5.97 Å². The molecule has 0 aromatic rings. The Kier molecular flexibility index (Phi) is 6.13. The van der Waals surface area contributed by atoms with E-state index in [9.17, 15) is 4.79 Å². The van der Waals surface area contributed by atoms with Gasteiger partial charge in [0.25, 0.3) is 0 Å². The highest BCUT2D eigenvalue weighted by atomic mass is 16.4.